The fourth-order valence-corrected chi connectivity index (χ4v) is 2.52. The minimum absolute atomic E-state index is 0.148. The van der Waals surface area contributed by atoms with Gasteiger partial charge in [0.2, 0.25) is 5.88 Å². The van der Waals surface area contributed by atoms with E-state index in [4.69, 9.17) is 4.74 Å². The first-order chi connectivity index (χ1) is 10.1. The summed E-state index contributed by atoms with van der Waals surface area (Å²) in [5.74, 6) is -3.51. The van der Waals surface area contributed by atoms with Gasteiger partial charge in [-0.1, -0.05) is 6.07 Å². The van der Waals surface area contributed by atoms with Crippen LogP contribution < -0.4 is 4.74 Å². The highest BCUT2D eigenvalue weighted by molar-refractivity contribution is 5.59. The van der Waals surface area contributed by atoms with E-state index in [0.29, 0.717) is 11.6 Å². The van der Waals surface area contributed by atoms with Gasteiger partial charge in [-0.3, -0.25) is 0 Å². The normalized spacial score (nSPS) is 15.4. The van der Waals surface area contributed by atoms with Crippen LogP contribution in [0.1, 0.15) is 25.7 Å². The van der Waals surface area contributed by atoms with Crippen molar-refractivity contribution in [2.75, 3.05) is 0 Å². The topological polar surface area (TPSA) is 22.1 Å². The molecule has 0 radical (unpaired) electrons. The summed E-state index contributed by atoms with van der Waals surface area (Å²) in [4.78, 5) is 4.24. The van der Waals surface area contributed by atoms with Gasteiger partial charge in [0.15, 0.2) is 17.5 Å². The zero-order chi connectivity index (χ0) is 14.8. The van der Waals surface area contributed by atoms with Crippen LogP contribution in [0.5, 0.6) is 5.88 Å². The van der Waals surface area contributed by atoms with E-state index in [2.05, 4.69) is 4.98 Å². The van der Waals surface area contributed by atoms with Crippen molar-refractivity contribution >= 4 is 0 Å². The predicted octanol–water partition coefficient (Wildman–Crippen LogP) is 4.49. The summed E-state index contributed by atoms with van der Waals surface area (Å²) in [6.07, 6.45) is 4.41. The number of ether oxygens (including phenoxy) is 1. The fourth-order valence-electron chi connectivity index (χ4n) is 2.52. The highest BCUT2D eigenvalue weighted by atomic mass is 19.2. The standard InChI is InChI=1S/C16H14F3NO/c17-12-8-10(9-13(18)16(12)19)14-6-3-7-15(20-14)21-11-4-1-2-5-11/h3,6-9,11H,1-2,4-5H2. The van der Waals surface area contributed by atoms with E-state index in [1.165, 1.54) is 0 Å². The Morgan fingerprint density at radius 2 is 1.67 bits per heavy atom. The molecule has 5 heteroatoms. The van der Waals surface area contributed by atoms with Crippen molar-refractivity contribution in [1.29, 1.82) is 0 Å². The summed E-state index contributed by atoms with van der Waals surface area (Å²) in [5.41, 5.74) is 0.534. The molecule has 1 aromatic heterocycles. The van der Waals surface area contributed by atoms with E-state index in [0.717, 1.165) is 37.8 Å². The molecule has 1 fully saturated rings. The lowest BCUT2D eigenvalue weighted by molar-refractivity contribution is 0.201. The van der Waals surface area contributed by atoms with Gasteiger partial charge in [-0.05, 0) is 43.9 Å². The zero-order valence-electron chi connectivity index (χ0n) is 11.3. The molecular weight excluding hydrogens is 279 g/mol. The number of nitrogens with zero attached hydrogens (tertiary/aromatic N) is 1. The molecule has 0 saturated heterocycles. The number of hydrogen-bond donors (Lipinski definition) is 0. The van der Waals surface area contributed by atoms with Gasteiger partial charge in [-0.25, -0.2) is 18.2 Å². The SMILES string of the molecule is Fc1cc(-c2cccc(OC3CCCC3)n2)cc(F)c1F. The second-order valence-electron chi connectivity index (χ2n) is 5.14. The highest BCUT2D eigenvalue weighted by Crippen LogP contribution is 2.26. The number of pyridine rings is 1. The molecule has 0 N–H and O–H groups in total. The molecule has 3 rings (SSSR count). The van der Waals surface area contributed by atoms with Gasteiger partial charge in [0.1, 0.15) is 6.10 Å². The van der Waals surface area contributed by atoms with Gasteiger partial charge in [0.05, 0.1) is 5.69 Å². The second kappa shape index (κ2) is 5.76. The van der Waals surface area contributed by atoms with Gasteiger partial charge >= 0.3 is 0 Å². The van der Waals surface area contributed by atoms with Crippen LogP contribution in [-0.4, -0.2) is 11.1 Å². The maximum Gasteiger partial charge on any atom is 0.214 e. The molecule has 1 aliphatic carbocycles. The minimum atomic E-state index is -1.47. The molecule has 0 amide bonds. The lowest BCUT2D eigenvalue weighted by Crippen LogP contribution is -2.11. The fraction of sp³-hybridized carbons (Fsp3) is 0.312. The quantitative estimate of drug-likeness (QED) is 0.778. The van der Waals surface area contributed by atoms with Crippen molar-refractivity contribution < 1.29 is 17.9 Å². The third kappa shape index (κ3) is 3.01. The molecule has 21 heavy (non-hydrogen) atoms. The Morgan fingerprint density at radius 3 is 2.33 bits per heavy atom. The minimum Gasteiger partial charge on any atom is -0.474 e. The number of hydrogen-bond acceptors (Lipinski definition) is 2. The largest absolute Gasteiger partial charge is 0.474 e. The van der Waals surface area contributed by atoms with Gasteiger partial charge in [0.25, 0.3) is 0 Å². The van der Waals surface area contributed by atoms with Crippen LogP contribution in [0.4, 0.5) is 13.2 Å². The smallest absolute Gasteiger partial charge is 0.214 e. The van der Waals surface area contributed by atoms with Crippen LogP contribution in [0.25, 0.3) is 11.3 Å². The Kier molecular flexibility index (Phi) is 3.82. The maximum atomic E-state index is 13.3. The van der Waals surface area contributed by atoms with Crippen molar-refractivity contribution in [3.8, 4) is 17.1 Å². The molecule has 0 unspecified atom stereocenters. The van der Waals surface area contributed by atoms with Crippen LogP contribution in [0.15, 0.2) is 30.3 Å². The predicted molar refractivity (Wildman–Crippen MR) is 72.4 cm³/mol. The van der Waals surface area contributed by atoms with E-state index in [9.17, 15) is 13.2 Å². The first-order valence-electron chi connectivity index (χ1n) is 6.92. The molecule has 0 spiro atoms. The Labute approximate surface area is 120 Å². The lowest BCUT2D eigenvalue weighted by atomic mass is 10.1. The van der Waals surface area contributed by atoms with Gasteiger partial charge in [-0.15, -0.1) is 0 Å². The van der Waals surface area contributed by atoms with E-state index in [1.54, 1.807) is 18.2 Å². The van der Waals surface area contributed by atoms with E-state index in [-0.39, 0.29) is 11.7 Å². The first-order valence-corrected chi connectivity index (χ1v) is 6.92. The highest BCUT2D eigenvalue weighted by Gasteiger charge is 2.17. The molecule has 2 aromatic rings. The maximum absolute atomic E-state index is 13.3. The van der Waals surface area contributed by atoms with Crippen molar-refractivity contribution in [2.24, 2.45) is 0 Å². The number of rotatable bonds is 3. The van der Waals surface area contributed by atoms with Crippen molar-refractivity contribution in [3.63, 3.8) is 0 Å². The summed E-state index contributed by atoms with van der Waals surface area (Å²) >= 11 is 0. The Hall–Kier alpha value is -2.04. The number of benzene rings is 1. The van der Waals surface area contributed by atoms with Crippen molar-refractivity contribution in [3.05, 3.63) is 47.8 Å². The molecule has 1 saturated carbocycles. The van der Waals surface area contributed by atoms with Crippen LogP contribution in [0.3, 0.4) is 0 Å². The summed E-state index contributed by atoms with van der Waals surface area (Å²) in [5, 5.41) is 0. The molecule has 0 atom stereocenters. The number of aromatic nitrogens is 1. The molecule has 1 aliphatic rings. The Morgan fingerprint density at radius 1 is 1.00 bits per heavy atom. The summed E-state index contributed by atoms with van der Waals surface area (Å²) in [6, 6.07) is 6.87. The van der Waals surface area contributed by atoms with Crippen LogP contribution >= 0.6 is 0 Å². The van der Waals surface area contributed by atoms with Crippen LogP contribution in [0.2, 0.25) is 0 Å². The van der Waals surface area contributed by atoms with E-state index >= 15 is 0 Å². The number of halogens is 3. The molecule has 1 aromatic carbocycles. The molecule has 0 bridgehead atoms. The molecule has 0 aliphatic heterocycles. The van der Waals surface area contributed by atoms with Crippen molar-refractivity contribution in [2.45, 2.75) is 31.8 Å². The molecule has 110 valence electrons. The van der Waals surface area contributed by atoms with Crippen molar-refractivity contribution in [1.82, 2.24) is 4.98 Å². The van der Waals surface area contributed by atoms with Crippen LogP contribution in [0, 0.1) is 17.5 Å². The lowest BCUT2D eigenvalue weighted by Gasteiger charge is -2.12. The van der Waals surface area contributed by atoms with Gasteiger partial charge < -0.3 is 4.74 Å². The monoisotopic (exact) mass is 293 g/mol. The summed E-state index contributed by atoms with van der Waals surface area (Å²) in [7, 11) is 0. The van der Waals surface area contributed by atoms with E-state index in [1.807, 2.05) is 0 Å². The average Bonchev–Trinajstić information content (AvgIpc) is 2.97. The summed E-state index contributed by atoms with van der Waals surface area (Å²) < 4.78 is 45.3. The third-order valence-corrected chi connectivity index (χ3v) is 3.59. The van der Waals surface area contributed by atoms with Gasteiger partial charge in [-0.2, -0.15) is 0 Å². The first kappa shape index (κ1) is 13.9. The Bertz CT molecular complexity index is 631. The molecule has 1 heterocycles. The average molecular weight is 293 g/mol. The Balaban J connectivity index is 1.88. The third-order valence-electron chi connectivity index (χ3n) is 3.59. The molecular formula is C16H14F3NO. The van der Waals surface area contributed by atoms with Crippen LogP contribution in [-0.2, 0) is 0 Å². The second-order valence-corrected chi connectivity index (χ2v) is 5.14. The van der Waals surface area contributed by atoms with E-state index < -0.39 is 17.5 Å². The van der Waals surface area contributed by atoms with Gasteiger partial charge in [0, 0.05) is 11.6 Å². The zero-order valence-corrected chi connectivity index (χ0v) is 11.3. The summed E-state index contributed by atoms with van der Waals surface area (Å²) in [6.45, 7) is 0. The molecule has 2 nitrogen and oxygen atoms in total.